The third-order valence-corrected chi connectivity index (χ3v) is 3.29. The topological polar surface area (TPSA) is 55.1 Å². The largest absolute Gasteiger partial charge is 0.352 e. The molecule has 1 rings (SSSR count). The Kier molecular flexibility index (Phi) is 5.86. The van der Waals surface area contributed by atoms with Gasteiger partial charge in [0.25, 0.3) is 0 Å². The minimum Gasteiger partial charge on any atom is -0.352 e. The molecule has 1 amide bonds. The lowest BCUT2D eigenvalue weighted by atomic mass is 9.95. The molecule has 0 saturated heterocycles. The third-order valence-electron chi connectivity index (χ3n) is 3.29. The summed E-state index contributed by atoms with van der Waals surface area (Å²) in [5.74, 6) is 0.226. The van der Waals surface area contributed by atoms with Crippen molar-refractivity contribution in [2.75, 3.05) is 6.54 Å². The first-order valence-electron chi connectivity index (χ1n) is 6.64. The van der Waals surface area contributed by atoms with Crippen LogP contribution in [-0.4, -0.2) is 12.5 Å². The van der Waals surface area contributed by atoms with Crippen molar-refractivity contribution in [2.24, 2.45) is 17.6 Å². The molecule has 100 valence electrons. The number of hydrogen-bond acceptors (Lipinski definition) is 2. The second-order valence-corrected chi connectivity index (χ2v) is 4.97. The van der Waals surface area contributed by atoms with Gasteiger partial charge in [-0.1, -0.05) is 45.0 Å². The van der Waals surface area contributed by atoms with Crippen LogP contribution in [0, 0.1) is 11.8 Å². The normalized spacial score (nSPS) is 12.5. The van der Waals surface area contributed by atoms with Crippen LogP contribution in [0.4, 0.5) is 0 Å². The second-order valence-electron chi connectivity index (χ2n) is 4.97. The lowest BCUT2D eigenvalue weighted by Crippen LogP contribution is -2.37. The van der Waals surface area contributed by atoms with Crippen molar-refractivity contribution in [2.45, 2.75) is 33.7 Å². The van der Waals surface area contributed by atoms with Gasteiger partial charge in [-0.05, 0) is 23.5 Å². The maximum atomic E-state index is 11.9. The predicted molar refractivity (Wildman–Crippen MR) is 75.0 cm³/mol. The number of carbonyl (C=O) groups is 1. The summed E-state index contributed by atoms with van der Waals surface area (Å²) in [5.41, 5.74) is 8.06. The van der Waals surface area contributed by atoms with Gasteiger partial charge in [-0.25, -0.2) is 0 Å². The highest BCUT2D eigenvalue weighted by molar-refractivity contribution is 5.79. The van der Waals surface area contributed by atoms with E-state index < -0.39 is 0 Å². The predicted octanol–water partition coefficient (Wildman–Crippen LogP) is 2.10. The average Bonchev–Trinajstić information content (AvgIpc) is 2.37. The summed E-state index contributed by atoms with van der Waals surface area (Å²) in [7, 11) is 0. The second kappa shape index (κ2) is 7.17. The maximum absolute atomic E-state index is 11.9. The summed E-state index contributed by atoms with van der Waals surface area (Å²) in [6.07, 6.45) is 1.04. The number of rotatable bonds is 6. The first kappa shape index (κ1) is 14.7. The van der Waals surface area contributed by atoms with Crippen LogP contribution in [0.25, 0.3) is 0 Å². The molecule has 3 N–H and O–H groups in total. The zero-order valence-corrected chi connectivity index (χ0v) is 11.6. The van der Waals surface area contributed by atoms with Crippen LogP contribution >= 0.6 is 0 Å². The number of aryl methyl sites for hydroxylation is 1. The Morgan fingerprint density at radius 3 is 2.22 bits per heavy atom. The van der Waals surface area contributed by atoms with Crippen molar-refractivity contribution in [1.82, 2.24) is 5.32 Å². The number of nitrogens with two attached hydrogens (primary N) is 1. The molecule has 1 aromatic carbocycles. The fourth-order valence-electron chi connectivity index (χ4n) is 1.90. The van der Waals surface area contributed by atoms with Crippen molar-refractivity contribution in [1.29, 1.82) is 0 Å². The quantitative estimate of drug-likeness (QED) is 0.810. The van der Waals surface area contributed by atoms with E-state index in [-0.39, 0.29) is 17.7 Å². The van der Waals surface area contributed by atoms with Gasteiger partial charge in [0.1, 0.15) is 0 Å². The first-order valence-corrected chi connectivity index (χ1v) is 6.64. The smallest absolute Gasteiger partial charge is 0.224 e. The summed E-state index contributed by atoms with van der Waals surface area (Å²) in [6, 6.07) is 8.33. The van der Waals surface area contributed by atoms with Crippen LogP contribution in [0.3, 0.4) is 0 Å². The van der Waals surface area contributed by atoms with Crippen LogP contribution in [-0.2, 0) is 17.8 Å². The summed E-state index contributed by atoms with van der Waals surface area (Å²) in [4.78, 5) is 11.9. The molecule has 18 heavy (non-hydrogen) atoms. The molecule has 0 aliphatic carbocycles. The molecule has 0 fully saturated rings. The van der Waals surface area contributed by atoms with Gasteiger partial charge in [0.2, 0.25) is 5.91 Å². The standard InChI is InChI=1S/C15H24N2O/c1-4-12-5-7-13(8-6-12)10-17-15(18)14(9-16)11(2)3/h5-8,11,14H,4,9-10,16H2,1-3H3,(H,17,18). The zero-order valence-electron chi connectivity index (χ0n) is 11.6. The van der Waals surface area contributed by atoms with E-state index in [0.29, 0.717) is 13.1 Å². The monoisotopic (exact) mass is 248 g/mol. The van der Waals surface area contributed by atoms with E-state index in [2.05, 4.69) is 36.5 Å². The van der Waals surface area contributed by atoms with E-state index in [9.17, 15) is 4.79 Å². The summed E-state index contributed by atoms with van der Waals surface area (Å²) >= 11 is 0. The fourth-order valence-corrected chi connectivity index (χ4v) is 1.90. The molecule has 0 aromatic heterocycles. The molecule has 0 spiro atoms. The van der Waals surface area contributed by atoms with Gasteiger partial charge in [-0.15, -0.1) is 0 Å². The first-order chi connectivity index (χ1) is 8.58. The van der Waals surface area contributed by atoms with E-state index >= 15 is 0 Å². The van der Waals surface area contributed by atoms with Crippen LogP contribution in [0.1, 0.15) is 31.9 Å². The highest BCUT2D eigenvalue weighted by Gasteiger charge is 2.19. The molecule has 0 radical (unpaired) electrons. The molecule has 0 bridgehead atoms. The zero-order chi connectivity index (χ0) is 13.5. The molecule has 3 nitrogen and oxygen atoms in total. The SMILES string of the molecule is CCc1ccc(CNC(=O)C(CN)C(C)C)cc1. The summed E-state index contributed by atoms with van der Waals surface area (Å²) in [5, 5.41) is 2.95. The molecular formula is C15H24N2O. The highest BCUT2D eigenvalue weighted by Crippen LogP contribution is 2.10. The van der Waals surface area contributed by atoms with Crippen molar-refractivity contribution < 1.29 is 4.79 Å². The molecule has 3 heteroatoms. The summed E-state index contributed by atoms with van der Waals surface area (Å²) < 4.78 is 0. The molecule has 1 aromatic rings. The van der Waals surface area contributed by atoms with E-state index in [1.807, 2.05) is 13.8 Å². The molecule has 0 aliphatic rings. The van der Waals surface area contributed by atoms with Crippen LogP contribution in [0.2, 0.25) is 0 Å². The number of amides is 1. The Bertz CT molecular complexity index is 371. The van der Waals surface area contributed by atoms with E-state index in [0.717, 1.165) is 12.0 Å². The van der Waals surface area contributed by atoms with Gasteiger partial charge in [0.15, 0.2) is 0 Å². The van der Waals surface area contributed by atoms with Gasteiger partial charge in [-0.2, -0.15) is 0 Å². The lowest BCUT2D eigenvalue weighted by Gasteiger charge is -2.18. The fraction of sp³-hybridized carbons (Fsp3) is 0.533. The van der Waals surface area contributed by atoms with Gasteiger partial charge >= 0.3 is 0 Å². The molecular weight excluding hydrogens is 224 g/mol. The molecule has 0 aliphatic heterocycles. The van der Waals surface area contributed by atoms with Crippen LogP contribution < -0.4 is 11.1 Å². The molecule has 0 heterocycles. The van der Waals surface area contributed by atoms with Crippen LogP contribution in [0.5, 0.6) is 0 Å². The van der Waals surface area contributed by atoms with Gasteiger partial charge in [0, 0.05) is 13.1 Å². The Morgan fingerprint density at radius 1 is 1.22 bits per heavy atom. The number of benzene rings is 1. The Labute approximate surface area is 110 Å². The van der Waals surface area contributed by atoms with Crippen molar-refractivity contribution in [3.63, 3.8) is 0 Å². The van der Waals surface area contributed by atoms with Gasteiger partial charge in [-0.3, -0.25) is 4.79 Å². The minimum absolute atomic E-state index is 0.0482. The Balaban J connectivity index is 2.51. The van der Waals surface area contributed by atoms with Crippen molar-refractivity contribution >= 4 is 5.91 Å². The van der Waals surface area contributed by atoms with Crippen molar-refractivity contribution in [3.8, 4) is 0 Å². The van der Waals surface area contributed by atoms with E-state index in [4.69, 9.17) is 5.73 Å². The van der Waals surface area contributed by atoms with Gasteiger partial charge in [0.05, 0.1) is 5.92 Å². The van der Waals surface area contributed by atoms with Crippen molar-refractivity contribution in [3.05, 3.63) is 35.4 Å². The average molecular weight is 248 g/mol. The van der Waals surface area contributed by atoms with E-state index in [1.165, 1.54) is 5.56 Å². The molecule has 1 unspecified atom stereocenters. The number of hydrogen-bond donors (Lipinski definition) is 2. The maximum Gasteiger partial charge on any atom is 0.224 e. The summed E-state index contributed by atoms with van der Waals surface area (Å²) in [6.45, 7) is 7.15. The minimum atomic E-state index is -0.0973. The number of nitrogens with one attached hydrogen (secondary N) is 1. The van der Waals surface area contributed by atoms with E-state index in [1.54, 1.807) is 0 Å². The lowest BCUT2D eigenvalue weighted by molar-refractivity contribution is -0.126. The number of carbonyl (C=O) groups excluding carboxylic acids is 1. The van der Waals surface area contributed by atoms with Gasteiger partial charge < -0.3 is 11.1 Å². The Morgan fingerprint density at radius 2 is 1.78 bits per heavy atom. The third kappa shape index (κ3) is 4.15. The molecule has 0 saturated carbocycles. The molecule has 1 atom stereocenters. The highest BCUT2D eigenvalue weighted by atomic mass is 16.1. The Hall–Kier alpha value is -1.35. The van der Waals surface area contributed by atoms with Crippen LogP contribution in [0.15, 0.2) is 24.3 Å².